The lowest BCUT2D eigenvalue weighted by atomic mass is 10.1. The normalized spacial score (nSPS) is 10.8. The van der Waals surface area contributed by atoms with Crippen LogP contribution in [0.5, 0.6) is 11.5 Å². The minimum Gasteiger partial charge on any atom is -0.493 e. The molecule has 30 heavy (non-hydrogen) atoms. The number of carbonyl (C=O) groups is 2. The molecule has 1 N–H and O–H groups in total. The van der Waals surface area contributed by atoms with Crippen LogP contribution in [0.25, 0.3) is 6.08 Å². The van der Waals surface area contributed by atoms with E-state index in [1.54, 1.807) is 30.3 Å². The summed E-state index contributed by atoms with van der Waals surface area (Å²) in [7, 11) is 1.53. The monoisotopic (exact) mass is 485 g/mol. The molecule has 3 rings (SSSR count). The van der Waals surface area contributed by atoms with Gasteiger partial charge in [-0.2, -0.15) is 0 Å². The summed E-state index contributed by atoms with van der Waals surface area (Å²) in [5, 5.41) is 4.69. The quantitative estimate of drug-likeness (QED) is 0.326. The predicted octanol–water partition coefficient (Wildman–Crippen LogP) is 5.74. The molecule has 2 aromatic carbocycles. The summed E-state index contributed by atoms with van der Waals surface area (Å²) in [5.74, 6) is 0.594. The minimum absolute atomic E-state index is 0.0714. The number of ketones is 1. The van der Waals surface area contributed by atoms with E-state index >= 15 is 0 Å². The summed E-state index contributed by atoms with van der Waals surface area (Å²) in [6.07, 6.45) is 3.23. The number of carbonyl (C=O) groups excluding carboxylic acids is 2. The summed E-state index contributed by atoms with van der Waals surface area (Å²) in [5.41, 5.74) is 2.51. The van der Waals surface area contributed by atoms with Crippen molar-refractivity contribution in [2.45, 2.75) is 6.92 Å². The van der Waals surface area contributed by atoms with E-state index in [0.29, 0.717) is 16.4 Å². The number of hydrogen-bond acceptors (Lipinski definition) is 5. The van der Waals surface area contributed by atoms with Gasteiger partial charge in [0.15, 0.2) is 23.9 Å². The number of benzene rings is 2. The maximum absolute atomic E-state index is 12.2. The molecule has 1 aromatic heterocycles. The van der Waals surface area contributed by atoms with Gasteiger partial charge >= 0.3 is 0 Å². The van der Waals surface area contributed by atoms with Crippen LogP contribution in [-0.2, 0) is 4.79 Å². The average molecular weight is 486 g/mol. The molecule has 3 aromatic rings. The highest BCUT2D eigenvalue weighted by Gasteiger charge is 2.10. The Hall–Kier alpha value is -2.90. The van der Waals surface area contributed by atoms with Crippen LogP contribution in [0.1, 0.15) is 20.8 Å². The Morgan fingerprint density at radius 1 is 1.13 bits per heavy atom. The van der Waals surface area contributed by atoms with E-state index < -0.39 is 0 Å². The Kier molecular flexibility index (Phi) is 7.43. The second-order valence-corrected chi connectivity index (χ2v) is 8.22. The van der Waals surface area contributed by atoms with Crippen LogP contribution in [0, 0.1) is 6.92 Å². The van der Waals surface area contributed by atoms with Crippen molar-refractivity contribution in [2.24, 2.45) is 0 Å². The van der Waals surface area contributed by atoms with Crippen LogP contribution < -0.4 is 14.8 Å². The zero-order valence-corrected chi connectivity index (χ0v) is 18.9. The third-order valence-corrected chi connectivity index (χ3v) is 5.91. The van der Waals surface area contributed by atoms with Gasteiger partial charge in [0, 0.05) is 15.5 Å². The van der Waals surface area contributed by atoms with Crippen LogP contribution in [0.15, 0.2) is 64.5 Å². The first-order chi connectivity index (χ1) is 14.5. The predicted molar refractivity (Wildman–Crippen MR) is 124 cm³/mol. The van der Waals surface area contributed by atoms with E-state index in [2.05, 4.69) is 21.2 Å². The number of allylic oxidation sites excluding steroid dienone is 1. The van der Waals surface area contributed by atoms with Crippen molar-refractivity contribution in [1.82, 2.24) is 0 Å². The molecule has 0 aliphatic heterocycles. The van der Waals surface area contributed by atoms with Crippen molar-refractivity contribution >= 4 is 50.7 Å². The van der Waals surface area contributed by atoms with Crippen LogP contribution >= 0.6 is 27.3 Å². The van der Waals surface area contributed by atoms with Crippen LogP contribution in [0.2, 0.25) is 0 Å². The molecule has 7 heteroatoms. The van der Waals surface area contributed by atoms with Crippen LogP contribution in [-0.4, -0.2) is 25.4 Å². The minimum atomic E-state index is -0.261. The average Bonchev–Trinajstić information content (AvgIpc) is 3.18. The van der Waals surface area contributed by atoms with E-state index in [1.165, 1.54) is 24.5 Å². The largest absolute Gasteiger partial charge is 0.493 e. The third kappa shape index (κ3) is 5.81. The molecule has 1 amide bonds. The molecule has 0 aliphatic carbocycles. The van der Waals surface area contributed by atoms with Crippen LogP contribution in [0.3, 0.4) is 0 Å². The second-order valence-electron chi connectivity index (χ2n) is 6.39. The van der Waals surface area contributed by atoms with Crippen molar-refractivity contribution in [3.05, 3.63) is 80.5 Å². The maximum Gasteiger partial charge on any atom is 0.262 e. The highest BCUT2D eigenvalue weighted by Crippen LogP contribution is 2.29. The maximum atomic E-state index is 12.2. The number of anilines is 1. The molecular weight excluding hydrogens is 466 g/mol. The molecule has 0 bridgehead atoms. The number of halogens is 1. The molecule has 0 spiro atoms. The first kappa shape index (κ1) is 21.8. The van der Waals surface area contributed by atoms with E-state index in [0.717, 1.165) is 21.3 Å². The van der Waals surface area contributed by atoms with E-state index in [1.807, 2.05) is 36.6 Å². The van der Waals surface area contributed by atoms with E-state index in [4.69, 9.17) is 9.47 Å². The lowest BCUT2D eigenvalue weighted by Gasteiger charge is -2.12. The molecule has 1 heterocycles. The van der Waals surface area contributed by atoms with E-state index in [9.17, 15) is 9.59 Å². The summed E-state index contributed by atoms with van der Waals surface area (Å²) < 4.78 is 11.9. The standard InChI is InChI=1S/C23H20BrNO4S/c1-15-5-3-4-6-18(15)25-23(27)13-29-20-10-8-16(11-21(20)28-2)7-9-19(26)22-12-17(24)14-30-22/h3-12,14H,13H2,1-2H3,(H,25,27)/b9-7+. The first-order valence-corrected chi connectivity index (χ1v) is 10.8. The third-order valence-electron chi connectivity index (χ3n) is 4.20. The number of amides is 1. The highest BCUT2D eigenvalue weighted by molar-refractivity contribution is 9.10. The van der Waals surface area contributed by atoms with Gasteiger partial charge in [0.1, 0.15) is 0 Å². The fourth-order valence-corrected chi connectivity index (χ4v) is 3.99. The number of methoxy groups -OCH3 is 1. The summed E-state index contributed by atoms with van der Waals surface area (Å²) in [6.45, 7) is 1.78. The van der Waals surface area contributed by atoms with Gasteiger partial charge in [0.25, 0.3) is 5.91 Å². The molecule has 154 valence electrons. The fourth-order valence-electron chi connectivity index (χ4n) is 2.65. The summed E-state index contributed by atoms with van der Waals surface area (Å²) in [4.78, 5) is 25.1. The van der Waals surface area contributed by atoms with Gasteiger partial charge in [-0.15, -0.1) is 11.3 Å². The number of thiophene rings is 1. The van der Waals surface area contributed by atoms with Gasteiger partial charge in [-0.05, 0) is 64.3 Å². The Bertz CT molecular complexity index is 1090. The van der Waals surface area contributed by atoms with Crippen LogP contribution in [0.4, 0.5) is 5.69 Å². The van der Waals surface area contributed by atoms with Crippen molar-refractivity contribution < 1.29 is 19.1 Å². The number of ether oxygens (including phenoxy) is 2. The highest BCUT2D eigenvalue weighted by atomic mass is 79.9. The molecule has 0 fully saturated rings. The Morgan fingerprint density at radius 3 is 2.63 bits per heavy atom. The Morgan fingerprint density at radius 2 is 1.93 bits per heavy atom. The van der Waals surface area contributed by atoms with Crippen molar-refractivity contribution in [2.75, 3.05) is 19.0 Å². The lowest BCUT2D eigenvalue weighted by Crippen LogP contribution is -2.20. The van der Waals surface area contributed by atoms with Gasteiger partial charge in [-0.25, -0.2) is 0 Å². The van der Waals surface area contributed by atoms with Crippen molar-refractivity contribution in [3.63, 3.8) is 0 Å². The molecule has 0 aliphatic rings. The topological polar surface area (TPSA) is 64.6 Å². The molecule has 5 nitrogen and oxygen atoms in total. The summed E-state index contributed by atoms with van der Waals surface area (Å²) in [6, 6.07) is 14.6. The SMILES string of the molecule is COc1cc(/C=C/C(=O)c2cc(Br)cs2)ccc1OCC(=O)Nc1ccccc1C. The van der Waals surface area contributed by atoms with E-state index in [-0.39, 0.29) is 18.3 Å². The second kappa shape index (κ2) is 10.2. The van der Waals surface area contributed by atoms with Crippen molar-refractivity contribution in [3.8, 4) is 11.5 Å². The number of hydrogen-bond donors (Lipinski definition) is 1. The zero-order chi connectivity index (χ0) is 21.5. The van der Waals surface area contributed by atoms with Gasteiger partial charge < -0.3 is 14.8 Å². The lowest BCUT2D eigenvalue weighted by molar-refractivity contribution is -0.118. The fraction of sp³-hybridized carbons (Fsp3) is 0.130. The zero-order valence-electron chi connectivity index (χ0n) is 16.5. The number of aryl methyl sites for hydroxylation is 1. The molecule has 0 unspecified atom stereocenters. The number of rotatable bonds is 8. The summed E-state index contributed by atoms with van der Waals surface area (Å²) >= 11 is 4.73. The Labute approximate surface area is 187 Å². The smallest absolute Gasteiger partial charge is 0.262 e. The van der Waals surface area contributed by atoms with Gasteiger partial charge in [0.05, 0.1) is 12.0 Å². The van der Waals surface area contributed by atoms with Gasteiger partial charge in [-0.1, -0.05) is 30.3 Å². The molecule has 0 atom stereocenters. The molecule has 0 saturated heterocycles. The molecule has 0 radical (unpaired) electrons. The molecule has 0 saturated carbocycles. The number of nitrogens with one attached hydrogen (secondary N) is 1. The Balaban J connectivity index is 1.62. The van der Waals surface area contributed by atoms with Gasteiger partial charge in [-0.3, -0.25) is 9.59 Å². The molecular formula is C23H20BrNO4S. The first-order valence-electron chi connectivity index (χ1n) is 9.09. The number of para-hydroxylation sites is 1. The van der Waals surface area contributed by atoms with Gasteiger partial charge in [0.2, 0.25) is 0 Å². The van der Waals surface area contributed by atoms with Crippen molar-refractivity contribution in [1.29, 1.82) is 0 Å².